The minimum absolute atomic E-state index is 0.101. The lowest BCUT2D eigenvalue weighted by Crippen LogP contribution is -1.92. The number of anilines is 1. The van der Waals surface area contributed by atoms with Crippen molar-refractivity contribution in [1.82, 2.24) is 25.4 Å². The molecule has 0 atom stereocenters. The zero-order valence-electron chi connectivity index (χ0n) is 10.3. The summed E-state index contributed by atoms with van der Waals surface area (Å²) in [6, 6.07) is 1.99. The van der Waals surface area contributed by atoms with Gasteiger partial charge in [0, 0.05) is 6.20 Å². The molecule has 96 valence electrons. The first kappa shape index (κ1) is 11.3. The monoisotopic (exact) mass is 258 g/mol. The zero-order valence-corrected chi connectivity index (χ0v) is 10.3. The van der Waals surface area contributed by atoms with Gasteiger partial charge in [-0.15, -0.1) is 0 Å². The van der Waals surface area contributed by atoms with Gasteiger partial charge in [0.05, 0.1) is 0 Å². The molecule has 0 saturated heterocycles. The van der Waals surface area contributed by atoms with Gasteiger partial charge >= 0.3 is 0 Å². The summed E-state index contributed by atoms with van der Waals surface area (Å²) < 4.78 is 9.57. The smallest absolute Gasteiger partial charge is 0.284 e. The van der Waals surface area contributed by atoms with Crippen molar-refractivity contribution in [3.05, 3.63) is 23.4 Å². The van der Waals surface area contributed by atoms with Gasteiger partial charge in [0.2, 0.25) is 17.3 Å². The van der Waals surface area contributed by atoms with Gasteiger partial charge in [-0.05, 0) is 35.3 Å². The van der Waals surface area contributed by atoms with Crippen molar-refractivity contribution in [1.29, 1.82) is 0 Å². The molecule has 0 aromatic carbocycles. The molecular formula is C11H10N6O2. The van der Waals surface area contributed by atoms with Crippen molar-refractivity contribution in [2.24, 2.45) is 0 Å². The number of hydrogen-bond acceptors (Lipinski definition) is 8. The molecule has 3 heterocycles. The van der Waals surface area contributed by atoms with E-state index in [1.165, 1.54) is 0 Å². The number of pyridine rings is 1. The number of nitrogen functional groups attached to an aromatic ring is 1. The van der Waals surface area contributed by atoms with E-state index in [-0.39, 0.29) is 17.4 Å². The molecule has 0 saturated carbocycles. The highest BCUT2D eigenvalue weighted by Gasteiger charge is 2.19. The molecule has 2 N–H and O–H groups in total. The first-order valence-corrected chi connectivity index (χ1v) is 5.51. The summed E-state index contributed by atoms with van der Waals surface area (Å²) >= 11 is 0. The van der Waals surface area contributed by atoms with Gasteiger partial charge in [0.15, 0.2) is 0 Å². The second kappa shape index (κ2) is 4.16. The predicted molar refractivity (Wildman–Crippen MR) is 64.7 cm³/mol. The topological polar surface area (TPSA) is 117 Å². The maximum absolute atomic E-state index is 5.56. The lowest BCUT2D eigenvalue weighted by Gasteiger charge is -2.00. The molecule has 0 aliphatic rings. The summed E-state index contributed by atoms with van der Waals surface area (Å²) in [4.78, 5) is 8.48. The summed E-state index contributed by atoms with van der Waals surface area (Å²) in [5.74, 6) is 0.620. The average molecular weight is 258 g/mol. The Kier molecular flexibility index (Phi) is 2.48. The van der Waals surface area contributed by atoms with Gasteiger partial charge in [0.25, 0.3) is 5.89 Å². The van der Waals surface area contributed by atoms with E-state index in [4.69, 9.17) is 10.3 Å². The van der Waals surface area contributed by atoms with Gasteiger partial charge in [-0.2, -0.15) is 4.98 Å². The molecule has 3 rings (SSSR count). The second-order valence-electron chi connectivity index (χ2n) is 4.10. The van der Waals surface area contributed by atoms with Crippen LogP contribution in [0.4, 0.5) is 5.82 Å². The lowest BCUT2D eigenvalue weighted by molar-refractivity contribution is 0.308. The van der Waals surface area contributed by atoms with Crippen LogP contribution in [0.2, 0.25) is 0 Å². The summed E-state index contributed by atoms with van der Waals surface area (Å²) in [5, 5.41) is 10.9. The highest BCUT2D eigenvalue weighted by atomic mass is 16.6. The van der Waals surface area contributed by atoms with Crippen LogP contribution in [-0.4, -0.2) is 25.4 Å². The molecule has 0 aliphatic carbocycles. The number of hydrogen-bond donors (Lipinski definition) is 1. The van der Waals surface area contributed by atoms with Crippen molar-refractivity contribution in [2.45, 2.75) is 13.8 Å². The van der Waals surface area contributed by atoms with Gasteiger partial charge in [-0.1, -0.05) is 11.2 Å². The van der Waals surface area contributed by atoms with Crippen LogP contribution >= 0.6 is 0 Å². The van der Waals surface area contributed by atoms with Crippen molar-refractivity contribution >= 4 is 5.82 Å². The lowest BCUT2D eigenvalue weighted by atomic mass is 10.1. The molecule has 0 amide bonds. The van der Waals surface area contributed by atoms with E-state index in [1.807, 2.05) is 19.9 Å². The first-order valence-electron chi connectivity index (χ1n) is 5.51. The van der Waals surface area contributed by atoms with Crippen LogP contribution < -0.4 is 5.73 Å². The number of aryl methyl sites for hydroxylation is 2. The largest absolute Gasteiger partial charge is 0.379 e. The third-order valence-corrected chi connectivity index (χ3v) is 2.57. The van der Waals surface area contributed by atoms with Crippen molar-refractivity contribution in [3.63, 3.8) is 0 Å². The molecule has 3 aromatic rings. The highest BCUT2D eigenvalue weighted by Crippen LogP contribution is 2.24. The SMILES string of the molecule is Cc1cnc(-c2noc(-c3nonc3N)n2)c(C)c1. The fraction of sp³-hybridized carbons (Fsp3) is 0.182. The van der Waals surface area contributed by atoms with E-state index in [2.05, 4.69) is 30.1 Å². The first-order chi connectivity index (χ1) is 9.15. The van der Waals surface area contributed by atoms with Gasteiger partial charge in [0.1, 0.15) is 5.69 Å². The molecule has 8 nitrogen and oxygen atoms in total. The summed E-state index contributed by atoms with van der Waals surface area (Å²) in [7, 11) is 0. The maximum Gasteiger partial charge on any atom is 0.284 e. The number of nitrogens with zero attached hydrogens (tertiary/aromatic N) is 5. The van der Waals surface area contributed by atoms with Crippen LogP contribution in [0.1, 0.15) is 11.1 Å². The molecule has 0 aliphatic heterocycles. The maximum atomic E-state index is 5.56. The van der Waals surface area contributed by atoms with Crippen molar-refractivity contribution in [3.8, 4) is 23.1 Å². The van der Waals surface area contributed by atoms with Crippen LogP contribution in [0.5, 0.6) is 0 Å². The molecule has 0 fully saturated rings. The Bertz CT molecular complexity index is 732. The van der Waals surface area contributed by atoms with E-state index in [9.17, 15) is 0 Å². The van der Waals surface area contributed by atoms with Crippen LogP contribution in [-0.2, 0) is 0 Å². The van der Waals surface area contributed by atoms with Crippen LogP contribution in [0.25, 0.3) is 23.1 Å². The summed E-state index contributed by atoms with van der Waals surface area (Å²) in [6.07, 6.45) is 1.74. The zero-order chi connectivity index (χ0) is 13.4. The molecule has 0 unspecified atom stereocenters. The Labute approximate surface area is 107 Å². The van der Waals surface area contributed by atoms with Crippen LogP contribution in [0.15, 0.2) is 21.4 Å². The highest BCUT2D eigenvalue weighted by molar-refractivity contribution is 5.63. The Morgan fingerprint density at radius 2 is 1.95 bits per heavy atom. The normalized spacial score (nSPS) is 10.8. The van der Waals surface area contributed by atoms with Crippen LogP contribution in [0.3, 0.4) is 0 Å². The minimum Gasteiger partial charge on any atom is -0.379 e. The van der Waals surface area contributed by atoms with Crippen molar-refractivity contribution in [2.75, 3.05) is 5.73 Å². The van der Waals surface area contributed by atoms with Crippen LogP contribution in [0, 0.1) is 13.8 Å². The predicted octanol–water partition coefficient (Wildman–Crippen LogP) is 1.38. The molecule has 0 radical (unpaired) electrons. The fourth-order valence-corrected chi connectivity index (χ4v) is 1.71. The van der Waals surface area contributed by atoms with Crippen molar-refractivity contribution < 1.29 is 9.15 Å². The van der Waals surface area contributed by atoms with Gasteiger partial charge in [-0.25, -0.2) is 4.63 Å². The average Bonchev–Trinajstić information content (AvgIpc) is 2.97. The van der Waals surface area contributed by atoms with Gasteiger partial charge in [-0.3, -0.25) is 4.98 Å². The number of rotatable bonds is 2. The molecule has 3 aromatic heterocycles. The Balaban J connectivity index is 2.04. The Hall–Kier alpha value is -2.77. The Morgan fingerprint density at radius 1 is 1.11 bits per heavy atom. The quantitative estimate of drug-likeness (QED) is 0.732. The molecule has 8 heteroatoms. The molecular weight excluding hydrogens is 248 g/mol. The second-order valence-corrected chi connectivity index (χ2v) is 4.10. The third kappa shape index (κ3) is 1.92. The van der Waals surface area contributed by atoms with E-state index >= 15 is 0 Å². The summed E-state index contributed by atoms with van der Waals surface area (Å²) in [5.41, 5.74) is 8.46. The Morgan fingerprint density at radius 3 is 2.63 bits per heavy atom. The van der Waals surface area contributed by atoms with E-state index < -0.39 is 0 Å². The minimum atomic E-state index is 0.101. The molecule has 0 spiro atoms. The molecule has 0 bridgehead atoms. The third-order valence-electron chi connectivity index (χ3n) is 2.57. The van der Waals surface area contributed by atoms with Gasteiger partial charge < -0.3 is 10.3 Å². The number of aromatic nitrogens is 5. The fourth-order valence-electron chi connectivity index (χ4n) is 1.71. The van der Waals surface area contributed by atoms with E-state index in [0.717, 1.165) is 11.1 Å². The summed E-state index contributed by atoms with van der Waals surface area (Å²) in [6.45, 7) is 3.89. The standard InChI is InChI=1S/C11H10N6O2/c1-5-3-6(2)7(13-4-5)10-14-11(18-17-10)8-9(12)16-19-15-8/h3-4H,1-2H3,(H2,12,16). The van der Waals surface area contributed by atoms with E-state index in [0.29, 0.717) is 11.5 Å². The number of nitrogens with two attached hydrogens (primary N) is 1. The van der Waals surface area contributed by atoms with E-state index in [1.54, 1.807) is 6.20 Å². The molecule has 19 heavy (non-hydrogen) atoms.